The van der Waals surface area contributed by atoms with Crippen LogP contribution in [-0.2, 0) is 10.9 Å². The summed E-state index contributed by atoms with van der Waals surface area (Å²) in [6.45, 7) is 0.929. The highest BCUT2D eigenvalue weighted by atomic mass is 19.4. The number of halogens is 6. The summed E-state index contributed by atoms with van der Waals surface area (Å²) in [5.74, 6) is -4.81. The second-order valence-corrected chi connectivity index (χ2v) is 3.46. The van der Waals surface area contributed by atoms with Crippen molar-refractivity contribution in [3.8, 4) is 11.5 Å². The van der Waals surface area contributed by atoms with Crippen LogP contribution in [0.15, 0.2) is 6.20 Å². The second kappa shape index (κ2) is 5.66. The summed E-state index contributed by atoms with van der Waals surface area (Å²) in [4.78, 5) is 14.1. The third-order valence-electron chi connectivity index (χ3n) is 1.99. The maximum atomic E-state index is 12.5. The number of hydrogen-bond acceptors (Lipinski definition) is 5. The molecule has 0 saturated carbocycles. The summed E-state index contributed by atoms with van der Waals surface area (Å²) >= 11 is 0. The highest BCUT2D eigenvalue weighted by Gasteiger charge is 2.41. The number of aromatic nitrogens is 1. The minimum atomic E-state index is -5.30. The summed E-state index contributed by atoms with van der Waals surface area (Å²) in [6, 6.07) is 0. The van der Waals surface area contributed by atoms with Crippen LogP contribution < -0.4 is 4.74 Å². The summed E-state index contributed by atoms with van der Waals surface area (Å²) in [6.07, 6.45) is -10.4. The van der Waals surface area contributed by atoms with Crippen LogP contribution in [0.2, 0.25) is 0 Å². The summed E-state index contributed by atoms with van der Waals surface area (Å²) in [7, 11) is 0. The van der Waals surface area contributed by atoms with Crippen molar-refractivity contribution in [3.63, 3.8) is 0 Å². The van der Waals surface area contributed by atoms with Crippen LogP contribution in [-0.4, -0.2) is 29.0 Å². The number of aromatic hydroxyl groups is 1. The standard InChI is InChI=1S/C10H7F6NO4/c1-2-20-8(19)5-4(21-10(14,15)16)3-17-7(6(5)18)9(11,12)13/h3,18H,2H2,1H3. The van der Waals surface area contributed by atoms with Crippen LogP contribution in [0.1, 0.15) is 23.0 Å². The van der Waals surface area contributed by atoms with Crippen LogP contribution in [0.25, 0.3) is 0 Å². The molecular formula is C10H7F6NO4. The summed E-state index contributed by atoms with van der Waals surface area (Å²) < 4.78 is 81.6. The molecule has 0 atom stereocenters. The molecule has 1 N–H and O–H groups in total. The zero-order chi connectivity index (χ0) is 16.4. The maximum Gasteiger partial charge on any atom is 0.573 e. The average molecular weight is 319 g/mol. The molecule has 0 aromatic carbocycles. The third-order valence-corrected chi connectivity index (χ3v) is 1.99. The van der Waals surface area contributed by atoms with Gasteiger partial charge in [0.2, 0.25) is 0 Å². The van der Waals surface area contributed by atoms with E-state index in [-0.39, 0.29) is 12.8 Å². The van der Waals surface area contributed by atoms with E-state index in [0.29, 0.717) is 0 Å². The number of carbonyl (C=O) groups is 1. The number of hydrogen-bond donors (Lipinski definition) is 1. The maximum absolute atomic E-state index is 12.5. The number of rotatable bonds is 3. The molecule has 1 rings (SSSR count). The molecule has 0 fully saturated rings. The van der Waals surface area contributed by atoms with Gasteiger partial charge in [-0.3, -0.25) is 0 Å². The first-order chi connectivity index (χ1) is 9.47. The van der Waals surface area contributed by atoms with E-state index in [9.17, 15) is 36.2 Å². The van der Waals surface area contributed by atoms with Crippen LogP contribution in [0.3, 0.4) is 0 Å². The van der Waals surface area contributed by atoms with Gasteiger partial charge < -0.3 is 14.6 Å². The first-order valence-corrected chi connectivity index (χ1v) is 5.19. The van der Waals surface area contributed by atoms with Crippen molar-refractivity contribution in [1.29, 1.82) is 0 Å². The lowest BCUT2D eigenvalue weighted by Crippen LogP contribution is -2.21. The number of carbonyl (C=O) groups excluding carboxylic acids is 1. The third kappa shape index (κ3) is 4.13. The van der Waals surface area contributed by atoms with Gasteiger partial charge in [0.25, 0.3) is 0 Å². The lowest BCUT2D eigenvalue weighted by Gasteiger charge is -2.16. The molecule has 0 unspecified atom stereocenters. The van der Waals surface area contributed by atoms with Gasteiger partial charge in [0.15, 0.2) is 17.2 Å². The first-order valence-electron chi connectivity index (χ1n) is 5.19. The van der Waals surface area contributed by atoms with E-state index in [1.54, 1.807) is 0 Å². The van der Waals surface area contributed by atoms with Gasteiger partial charge in [0.05, 0.1) is 12.8 Å². The quantitative estimate of drug-likeness (QED) is 0.685. The number of pyridine rings is 1. The van der Waals surface area contributed by atoms with Crippen molar-refractivity contribution in [2.75, 3.05) is 6.61 Å². The Labute approximate surface area is 113 Å². The van der Waals surface area contributed by atoms with E-state index in [2.05, 4.69) is 14.5 Å². The molecule has 1 aromatic heterocycles. The molecule has 0 bridgehead atoms. The van der Waals surface area contributed by atoms with Gasteiger partial charge in [-0.15, -0.1) is 13.2 Å². The molecule has 0 aliphatic rings. The fourth-order valence-electron chi connectivity index (χ4n) is 1.29. The Hall–Kier alpha value is -2.20. The Balaban J connectivity index is 3.46. The molecule has 11 heteroatoms. The normalized spacial score (nSPS) is 12.1. The van der Waals surface area contributed by atoms with Crippen molar-refractivity contribution in [3.05, 3.63) is 17.5 Å². The van der Waals surface area contributed by atoms with Crippen molar-refractivity contribution < 1.29 is 45.7 Å². The molecule has 0 radical (unpaired) electrons. The number of esters is 1. The molecule has 0 aliphatic heterocycles. The molecule has 0 spiro atoms. The van der Waals surface area contributed by atoms with Gasteiger partial charge in [0, 0.05) is 0 Å². The Bertz CT molecular complexity index is 540. The van der Waals surface area contributed by atoms with Gasteiger partial charge in [0.1, 0.15) is 5.56 Å². The molecular weight excluding hydrogens is 312 g/mol. The van der Waals surface area contributed by atoms with Gasteiger partial charge in [-0.1, -0.05) is 0 Å². The van der Waals surface area contributed by atoms with Gasteiger partial charge in [-0.2, -0.15) is 13.2 Å². The van der Waals surface area contributed by atoms with E-state index >= 15 is 0 Å². The molecule has 21 heavy (non-hydrogen) atoms. The zero-order valence-corrected chi connectivity index (χ0v) is 10.2. The smallest absolute Gasteiger partial charge is 0.505 e. The van der Waals surface area contributed by atoms with Crippen LogP contribution in [0.5, 0.6) is 11.5 Å². The Morgan fingerprint density at radius 3 is 2.29 bits per heavy atom. The molecule has 5 nitrogen and oxygen atoms in total. The average Bonchev–Trinajstić information content (AvgIpc) is 2.25. The van der Waals surface area contributed by atoms with Crippen LogP contribution >= 0.6 is 0 Å². The van der Waals surface area contributed by atoms with E-state index in [1.807, 2.05) is 0 Å². The fraction of sp³-hybridized carbons (Fsp3) is 0.400. The van der Waals surface area contributed by atoms with Crippen molar-refractivity contribution in [2.45, 2.75) is 19.5 Å². The van der Waals surface area contributed by atoms with Gasteiger partial charge in [-0.05, 0) is 6.92 Å². The van der Waals surface area contributed by atoms with Crippen LogP contribution in [0.4, 0.5) is 26.3 Å². The molecule has 0 amide bonds. The van der Waals surface area contributed by atoms with Crippen molar-refractivity contribution in [1.82, 2.24) is 4.98 Å². The van der Waals surface area contributed by atoms with E-state index in [0.717, 1.165) is 0 Å². The highest BCUT2D eigenvalue weighted by molar-refractivity contribution is 5.95. The lowest BCUT2D eigenvalue weighted by atomic mass is 10.1. The van der Waals surface area contributed by atoms with Crippen LogP contribution in [0, 0.1) is 0 Å². The number of alkyl halides is 6. The summed E-state index contributed by atoms with van der Waals surface area (Å²) in [5.41, 5.74) is -3.34. The minimum Gasteiger partial charge on any atom is -0.505 e. The van der Waals surface area contributed by atoms with Crippen molar-refractivity contribution >= 4 is 5.97 Å². The molecule has 0 aliphatic carbocycles. The predicted molar refractivity (Wildman–Crippen MR) is 53.5 cm³/mol. The molecule has 118 valence electrons. The highest BCUT2D eigenvalue weighted by Crippen LogP contribution is 2.40. The summed E-state index contributed by atoms with van der Waals surface area (Å²) in [5, 5.41) is 9.37. The predicted octanol–water partition coefficient (Wildman–Crippen LogP) is 2.88. The largest absolute Gasteiger partial charge is 0.573 e. The van der Waals surface area contributed by atoms with Gasteiger partial charge >= 0.3 is 18.5 Å². The Morgan fingerprint density at radius 2 is 1.86 bits per heavy atom. The molecule has 0 saturated heterocycles. The molecule has 1 aromatic rings. The lowest BCUT2D eigenvalue weighted by molar-refractivity contribution is -0.274. The Morgan fingerprint density at radius 1 is 1.29 bits per heavy atom. The minimum absolute atomic E-state index is 0.0300. The zero-order valence-electron chi connectivity index (χ0n) is 10.2. The Kier molecular flexibility index (Phi) is 4.54. The second-order valence-electron chi connectivity index (χ2n) is 3.46. The number of ether oxygens (including phenoxy) is 2. The van der Waals surface area contributed by atoms with E-state index in [1.165, 1.54) is 6.92 Å². The van der Waals surface area contributed by atoms with E-state index in [4.69, 9.17) is 0 Å². The molecule has 1 heterocycles. The van der Waals surface area contributed by atoms with E-state index < -0.39 is 41.3 Å². The monoisotopic (exact) mass is 319 g/mol. The van der Waals surface area contributed by atoms with Crippen molar-refractivity contribution in [2.24, 2.45) is 0 Å². The number of nitrogens with zero attached hydrogens (tertiary/aromatic N) is 1. The topological polar surface area (TPSA) is 68.7 Å². The fourth-order valence-corrected chi connectivity index (χ4v) is 1.29. The first kappa shape index (κ1) is 16.9. The van der Waals surface area contributed by atoms with Gasteiger partial charge in [-0.25, -0.2) is 9.78 Å². The SMILES string of the molecule is CCOC(=O)c1c(OC(F)(F)F)cnc(C(F)(F)F)c1O.